The number of nitrogens with zero attached hydrogens (tertiary/aromatic N) is 1. The molecule has 1 aliphatic heterocycles. The Bertz CT molecular complexity index is 1590. The lowest BCUT2D eigenvalue weighted by atomic mass is 9.83. The van der Waals surface area contributed by atoms with Crippen LogP contribution in [0.1, 0.15) is 97.8 Å². The summed E-state index contributed by atoms with van der Waals surface area (Å²) in [7, 11) is 0. The molecule has 0 aromatic rings. The van der Waals surface area contributed by atoms with E-state index in [1.807, 2.05) is 0 Å². The number of nitrogens with two attached hydrogens (primary N) is 1. The monoisotopic (exact) mass is 870 g/mol. The van der Waals surface area contributed by atoms with Crippen molar-refractivity contribution in [3.05, 3.63) is 0 Å². The first kappa shape index (κ1) is 51.7. The Morgan fingerprint density at radius 2 is 1.21 bits per heavy atom. The molecule has 1 heterocycles. The minimum atomic E-state index is -1.66. The largest absolute Gasteiger partial charge is 0.481 e. The molecule has 1 aliphatic carbocycles. The molecule has 0 aromatic heterocycles. The number of carbonyl (C=O) groups is 10. The Morgan fingerprint density at radius 3 is 1.75 bits per heavy atom. The summed E-state index contributed by atoms with van der Waals surface area (Å²) in [4.78, 5) is 128. The number of β-amino-alcohol motifs (C(OH)–C–C–N with tert-alkyl or cyclic N) is 1. The highest BCUT2D eigenvalue weighted by molar-refractivity contribution is 5.97. The van der Waals surface area contributed by atoms with Crippen LogP contribution < -0.4 is 37.6 Å². The SMILES string of the molecule is CC(C)C[C@H](NC(=O)[C@H](CO)NC(=O)[C@H](CCC(N)=O)NC(=O)[C@H](NC(=O)[C@H](CO)NC(=O)[C@H](C)NC(=O)[C@@H]1C[C@@H](O)CN1C(=O)CCCC(=O)O)C1CCCCC1)C(=O)O. The van der Waals surface area contributed by atoms with Crippen molar-refractivity contribution in [3.8, 4) is 0 Å². The number of carbonyl (C=O) groups excluding carboxylic acids is 8. The molecule has 2 aliphatic rings. The van der Waals surface area contributed by atoms with E-state index in [4.69, 9.17) is 10.8 Å². The number of aliphatic hydroxyl groups excluding tert-OH is 3. The zero-order valence-corrected chi connectivity index (χ0v) is 34.7. The van der Waals surface area contributed by atoms with Crippen molar-refractivity contribution in [2.45, 2.75) is 146 Å². The van der Waals surface area contributed by atoms with Crippen LogP contribution in [-0.4, -0.2) is 158 Å². The number of likely N-dealkylation sites (tertiary alicyclic amines) is 1. The molecule has 13 N–H and O–H groups in total. The fourth-order valence-corrected chi connectivity index (χ4v) is 7.11. The summed E-state index contributed by atoms with van der Waals surface area (Å²) >= 11 is 0. The maximum absolute atomic E-state index is 13.9. The minimum absolute atomic E-state index is 0.00873. The van der Waals surface area contributed by atoms with E-state index in [1.54, 1.807) is 13.8 Å². The molecule has 0 spiro atoms. The highest BCUT2D eigenvalue weighted by Gasteiger charge is 2.40. The van der Waals surface area contributed by atoms with Crippen LogP contribution in [-0.2, 0) is 47.9 Å². The molecular weight excluding hydrogens is 808 g/mol. The van der Waals surface area contributed by atoms with Gasteiger partial charge in [0.15, 0.2) is 0 Å². The fourth-order valence-electron chi connectivity index (χ4n) is 7.11. The van der Waals surface area contributed by atoms with Crippen molar-refractivity contribution < 1.29 is 73.5 Å². The molecule has 8 atom stereocenters. The van der Waals surface area contributed by atoms with E-state index in [0.29, 0.717) is 25.7 Å². The van der Waals surface area contributed by atoms with Crippen molar-refractivity contribution in [2.24, 2.45) is 17.6 Å². The van der Waals surface area contributed by atoms with Gasteiger partial charge in [-0.15, -0.1) is 0 Å². The first-order chi connectivity index (χ1) is 28.7. The summed E-state index contributed by atoms with van der Waals surface area (Å²) in [5.41, 5.74) is 5.30. The van der Waals surface area contributed by atoms with Gasteiger partial charge in [-0.05, 0) is 50.9 Å². The maximum Gasteiger partial charge on any atom is 0.326 e. The second kappa shape index (κ2) is 25.4. The number of rotatable bonds is 25. The van der Waals surface area contributed by atoms with Crippen molar-refractivity contribution in [1.82, 2.24) is 36.8 Å². The Hall–Kier alpha value is -5.42. The number of carboxylic acids is 2. The van der Waals surface area contributed by atoms with E-state index in [9.17, 15) is 68.4 Å². The summed E-state index contributed by atoms with van der Waals surface area (Å²) in [6.07, 6.45) is 0.703. The highest BCUT2D eigenvalue weighted by Crippen LogP contribution is 2.27. The number of aliphatic carboxylic acids is 2. The molecule has 0 aromatic carbocycles. The number of amides is 8. The predicted molar refractivity (Wildman–Crippen MR) is 211 cm³/mol. The summed E-state index contributed by atoms with van der Waals surface area (Å²) in [6.45, 7) is 2.62. The van der Waals surface area contributed by atoms with Gasteiger partial charge in [-0.2, -0.15) is 0 Å². The van der Waals surface area contributed by atoms with Gasteiger partial charge < -0.3 is 68.1 Å². The number of hydrogen-bond donors (Lipinski definition) is 12. The maximum atomic E-state index is 13.9. The first-order valence-corrected chi connectivity index (χ1v) is 20.4. The van der Waals surface area contributed by atoms with E-state index >= 15 is 0 Å². The van der Waals surface area contributed by atoms with E-state index in [0.717, 1.165) is 11.3 Å². The summed E-state index contributed by atoms with van der Waals surface area (Å²) < 4.78 is 0. The molecule has 23 heteroatoms. The summed E-state index contributed by atoms with van der Waals surface area (Å²) in [5.74, 6) is -10.2. The lowest BCUT2D eigenvalue weighted by Gasteiger charge is -2.32. The molecule has 1 saturated heterocycles. The normalized spacial score (nSPS) is 19.6. The third-order valence-corrected chi connectivity index (χ3v) is 10.4. The number of primary amides is 1. The van der Waals surface area contributed by atoms with Crippen LogP contribution >= 0.6 is 0 Å². The van der Waals surface area contributed by atoms with Gasteiger partial charge in [0.1, 0.15) is 42.3 Å². The zero-order chi connectivity index (χ0) is 46.0. The lowest BCUT2D eigenvalue weighted by molar-refractivity contribution is -0.143. The molecule has 1 saturated carbocycles. The van der Waals surface area contributed by atoms with Crippen LogP contribution in [0.25, 0.3) is 0 Å². The third kappa shape index (κ3) is 17.2. The van der Waals surface area contributed by atoms with Gasteiger partial charge >= 0.3 is 11.9 Å². The Balaban J connectivity index is 2.19. The van der Waals surface area contributed by atoms with Crippen LogP contribution in [0.15, 0.2) is 0 Å². The molecule has 8 amide bonds. The number of carboxylic acid groups (broad SMARTS) is 2. The third-order valence-electron chi connectivity index (χ3n) is 10.4. The van der Waals surface area contributed by atoms with E-state index < -0.39 is 133 Å². The Labute approximate surface area is 352 Å². The summed E-state index contributed by atoms with van der Waals surface area (Å²) in [6, 6.07) is -10.1. The van der Waals surface area contributed by atoms with Crippen LogP contribution in [0.5, 0.6) is 0 Å². The molecule has 0 bridgehead atoms. The second-order valence-corrected chi connectivity index (χ2v) is 15.9. The van der Waals surface area contributed by atoms with Crippen molar-refractivity contribution in [2.75, 3.05) is 19.8 Å². The average molecular weight is 871 g/mol. The van der Waals surface area contributed by atoms with Gasteiger partial charge in [0.05, 0.1) is 19.3 Å². The standard InChI is InChI=1S/C38H62N8O15/c1-19(2)14-24(38(60)61)42-34(56)25(17-47)44-33(55)23(12-13-28(39)50)41-37(59)31(21-8-5-4-6-9-21)45-35(57)26(18-48)43-32(54)20(3)40-36(58)27-15-22(49)16-46(27)29(51)10-7-11-30(52)53/h19-27,31,47-49H,4-18H2,1-3H3,(H2,39,50)(H,40,58)(H,41,59)(H,42,56)(H,43,54)(H,44,55)(H,45,57)(H,52,53)(H,60,61)/t20-,22+,23-,24-,25-,26-,27-,31+/m0/s1. The number of hydrogen-bond acceptors (Lipinski definition) is 13. The Morgan fingerprint density at radius 1 is 0.672 bits per heavy atom. The van der Waals surface area contributed by atoms with Gasteiger partial charge in [-0.1, -0.05) is 33.1 Å². The number of aliphatic hydroxyl groups is 3. The molecule has 2 fully saturated rings. The van der Waals surface area contributed by atoms with Gasteiger partial charge in [0.25, 0.3) is 0 Å². The predicted octanol–water partition coefficient (Wildman–Crippen LogP) is -3.91. The van der Waals surface area contributed by atoms with Crippen molar-refractivity contribution in [3.63, 3.8) is 0 Å². The zero-order valence-electron chi connectivity index (χ0n) is 34.7. The minimum Gasteiger partial charge on any atom is -0.481 e. The number of nitrogens with one attached hydrogen (secondary N) is 6. The Kier molecular flexibility index (Phi) is 21.5. The molecule has 344 valence electrons. The quantitative estimate of drug-likeness (QED) is 0.0417. The lowest BCUT2D eigenvalue weighted by Crippen LogP contribution is -2.61. The van der Waals surface area contributed by atoms with Crippen LogP contribution in [0.3, 0.4) is 0 Å². The molecule has 0 radical (unpaired) electrons. The molecule has 61 heavy (non-hydrogen) atoms. The van der Waals surface area contributed by atoms with Crippen molar-refractivity contribution in [1.29, 1.82) is 0 Å². The smallest absolute Gasteiger partial charge is 0.326 e. The topological polar surface area (TPSA) is 373 Å². The van der Waals surface area contributed by atoms with Crippen LogP contribution in [0.4, 0.5) is 0 Å². The molecule has 0 unspecified atom stereocenters. The fraction of sp³-hybridized carbons (Fsp3) is 0.737. The highest BCUT2D eigenvalue weighted by atomic mass is 16.4. The van der Waals surface area contributed by atoms with E-state index in [2.05, 4.69) is 31.9 Å². The van der Waals surface area contributed by atoms with Gasteiger partial charge in [0.2, 0.25) is 47.3 Å². The molecule has 2 rings (SSSR count). The second-order valence-electron chi connectivity index (χ2n) is 15.9. The van der Waals surface area contributed by atoms with Gasteiger partial charge in [0, 0.05) is 32.2 Å². The van der Waals surface area contributed by atoms with Crippen LogP contribution in [0, 0.1) is 11.8 Å². The van der Waals surface area contributed by atoms with Gasteiger partial charge in [-0.3, -0.25) is 43.2 Å². The van der Waals surface area contributed by atoms with E-state index in [-0.39, 0.29) is 51.0 Å². The van der Waals surface area contributed by atoms with E-state index in [1.165, 1.54) is 6.92 Å². The molecular formula is C38H62N8O15. The van der Waals surface area contributed by atoms with Crippen LogP contribution in [0.2, 0.25) is 0 Å². The van der Waals surface area contributed by atoms with Crippen molar-refractivity contribution >= 4 is 59.2 Å². The summed E-state index contributed by atoms with van der Waals surface area (Å²) in [5, 5.41) is 62.9. The first-order valence-electron chi connectivity index (χ1n) is 20.4. The molecule has 23 nitrogen and oxygen atoms in total. The average Bonchev–Trinajstić information content (AvgIpc) is 3.60. The van der Waals surface area contributed by atoms with Gasteiger partial charge in [-0.25, -0.2) is 4.79 Å².